The molecule has 10 heteroatoms. The van der Waals surface area contributed by atoms with Gasteiger partial charge in [-0.25, -0.2) is 8.78 Å². The summed E-state index contributed by atoms with van der Waals surface area (Å²) in [5.74, 6) is -3.78. The van der Waals surface area contributed by atoms with E-state index in [0.29, 0.717) is 0 Å². The van der Waals surface area contributed by atoms with Crippen LogP contribution in [0.2, 0.25) is 0 Å². The molecule has 0 saturated carbocycles. The van der Waals surface area contributed by atoms with E-state index in [0.717, 1.165) is 20.8 Å². The molecule has 6 nitrogen and oxygen atoms in total. The Morgan fingerprint density at radius 2 is 1.59 bits per heavy atom. The Labute approximate surface area is 98.2 Å². The van der Waals surface area contributed by atoms with Crippen LogP contribution < -0.4 is 0 Å². The lowest BCUT2D eigenvalue weighted by molar-refractivity contribution is -0.192. The summed E-state index contributed by atoms with van der Waals surface area (Å²) in [6.07, 6.45) is -2.02. The van der Waals surface area contributed by atoms with Crippen molar-refractivity contribution in [1.82, 2.24) is 0 Å². The van der Waals surface area contributed by atoms with Gasteiger partial charge in [-0.05, 0) is 20.8 Å². The molecule has 1 fully saturated rings. The van der Waals surface area contributed by atoms with Crippen LogP contribution >= 0.6 is 0 Å². The molecule has 0 aromatic carbocycles. The van der Waals surface area contributed by atoms with Crippen LogP contribution in [0.25, 0.3) is 0 Å². The SMILES string of the molecule is CC1OS(=O)(=O)CS(=O)(=O)OC(C)(C)C1(F)F. The zero-order valence-electron chi connectivity index (χ0n) is 9.31. The highest BCUT2D eigenvalue weighted by Gasteiger charge is 2.58. The third kappa shape index (κ3) is 2.92. The van der Waals surface area contributed by atoms with Crippen LogP contribution in [-0.2, 0) is 28.6 Å². The van der Waals surface area contributed by atoms with Crippen LogP contribution in [0.5, 0.6) is 0 Å². The summed E-state index contributed by atoms with van der Waals surface area (Å²) < 4.78 is 80.6. The summed E-state index contributed by atoms with van der Waals surface area (Å²) in [5.41, 5.74) is -2.39. The van der Waals surface area contributed by atoms with Crippen LogP contribution in [0.4, 0.5) is 8.78 Å². The average molecular weight is 294 g/mol. The van der Waals surface area contributed by atoms with Gasteiger partial charge in [-0.2, -0.15) is 16.8 Å². The predicted octanol–water partition coefficient (Wildman–Crippen LogP) is 0.453. The van der Waals surface area contributed by atoms with E-state index in [-0.39, 0.29) is 0 Å². The third-order valence-corrected chi connectivity index (χ3v) is 5.79. The summed E-state index contributed by atoms with van der Waals surface area (Å²) in [6.45, 7) is 2.53. The molecule has 0 spiro atoms. The molecule has 0 radical (unpaired) electrons. The van der Waals surface area contributed by atoms with Gasteiger partial charge in [0.2, 0.25) is 5.08 Å². The van der Waals surface area contributed by atoms with E-state index in [1.165, 1.54) is 0 Å². The summed E-state index contributed by atoms with van der Waals surface area (Å²) in [5, 5.41) is -1.48. The highest BCUT2D eigenvalue weighted by atomic mass is 32.3. The van der Waals surface area contributed by atoms with Gasteiger partial charge in [0.05, 0.1) is 0 Å². The van der Waals surface area contributed by atoms with E-state index in [2.05, 4.69) is 8.37 Å². The zero-order valence-corrected chi connectivity index (χ0v) is 10.9. The normalized spacial score (nSPS) is 34.5. The maximum absolute atomic E-state index is 13.7. The minimum atomic E-state index is -4.65. The second kappa shape index (κ2) is 3.84. The molecule has 0 bridgehead atoms. The minimum absolute atomic E-state index is 0.834. The largest absolute Gasteiger partial charge is 0.304 e. The minimum Gasteiger partial charge on any atom is -0.260 e. The molecule has 1 rings (SSSR count). The van der Waals surface area contributed by atoms with E-state index >= 15 is 0 Å². The topological polar surface area (TPSA) is 86.7 Å². The molecule has 1 atom stereocenters. The quantitative estimate of drug-likeness (QED) is 0.603. The maximum atomic E-state index is 13.7. The van der Waals surface area contributed by atoms with E-state index in [4.69, 9.17) is 0 Å². The third-order valence-electron chi connectivity index (χ3n) is 2.23. The molecule has 1 aliphatic rings. The highest BCUT2D eigenvalue weighted by molar-refractivity contribution is 8.03. The number of hydrogen-bond donors (Lipinski definition) is 0. The molecule has 0 N–H and O–H groups in total. The standard InChI is InChI=1S/C7H12F2O6S2/c1-5-7(8,9)6(2,3)15-17(12,13)4-16(10,11)14-5/h5H,4H2,1-3H3. The molecule has 1 unspecified atom stereocenters. The Morgan fingerprint density at radius 1 is 1.12 bits per heavy atom. The van der Waals surface area contributed by atoms with Crippen molar-refractivity contribution < 1.29 is 34.0 Å². The van der Waals surface area contributed by atoms with Gasteiger partial charge in [-0.3, -0.25) is 8.37 Å². The van der Waals surface area contributed by atoms with E-state index < -0.39 is 42.9 Å². The zero-order chi connectivity index (χ0) is 13.7. The molecule has 0 aromatic rings. The van der Waals surface area contributed by atoms with Crippen molar-refractivity contribution >= 4 is 20.2 Å². The van der Waals surface area contributed by atoms with Gasteiger partial charge in [-0.1, -0.05) is 0 Å². The van der Waals surface area contributed by atoms with Crippen LogP contribution in [-0.4, -0.2) is 39.5 Å². The molecule has 1 aliphatic heterocycles. The number of hydrogen-bond acceptors (Lipinski definition) is 6. The molecular formula is C7H12F2O6S2. The first-order valence-electron chi connectivity index (χ1n) is 4.51. The van der Waals surface area contributed by atoms with Crippen LogP contribution in [0.1, 0.15) is 20.8 Å². The Balaban J connectivity index is 3.33. The molecule has 102 valence electrons. The first kappa shape index (κ1) is 14.7. The lowest BCUT2D eigenvalue weighted by Gasteiger charge is -2.37. The van der Waals surface area contributed by atoms with Crippen LogP contribution in [0.3, 0.4) is 0 Å². The van der Waals surface area contributed by atoms with Gasteiger partial charge in [0.25, 0.3) is 20.2 Å². The van der Waals surface area contributed by atoms with Crippen molar-refractivity contribution in [3.05, 3.63) is 0 Å². The first-order valence-corrected chi connectivity index (χ1v) is 7.67. The molecular weight excluding hydrogens is 282 g/mol. The van der Waals surface area contributed by atoms with E-state index in [1.807, 2.05) is 0 Å². The second-order valence-electron chi connectivity index (χ2n) is 4.19. The maximum Gasteiger partial charge on any atom is 0.304 e. The fourth-order valence-corrected chi connectivity index (χ4v) is 4.51. The van der Waals surface area contributed by atoms with E-state index in [9.17, 15) is 25.6 Å². The van der Waals surface area contributed by atoms with Crippen molar-refractivity contribution in [3.8, 4) is 0 Å². The number of halogens is 2. The molecule has 0 aliphatic carbocycles. The smallest absolute Gasteiger partial charge is 0.260 e. The highest BCUT2D eigenvalue weighted by Crippen LogP contribution is 2.39. The van der Waals surface area contributed by atoms with Crippen molar-refractivity contribution in [2.45, 2.75) is 38.4 Å². The monoisotopic (exact) mass is 294 g/mol. The molecule has 1 saturated heterocycles. The van der Waals surface area contributed by atoms with Crippen molar-refractivity contribution in [2.75, 3.05) is 5.08 Å². The number of rotatable bonds is 0. The van der Waals surface area contributed by atoms with Gasteiger partial charge in [-0.15, -0.1) is 0 Å². The Hall–Kier alpha value is -0.320. The predicted molar refractivity (Wildman–Crippen MR) is 53.4 cm³/mol. The second-order valence-corrected chi connectivity index (χ2v) is 7.72. The van der Waals surface area contributed by atoms with Crippen molar-refractivity contribution in [3.63, 3.8) is 0 Å². The Kier molecular flexibility index (Phi) is 3.33. The lowest BCUT2D eigenvalue weighted by Crippen LogP contribution is -2.56. The summed E-state index contributed by atoms with van der Waals surface area (Å²) in [4.78, 5) is 0. The first-order chi connectivity index (χ1) is 7.29. The van der Waals surface area contributed by atoms with Gasteiger partial charge >= 0.3 is 5.92 Å². The van der Waals surface area contributed by atoms with Gasteiger partial charge in [0.1, 0.15) is 11.7 Å². The lowest BCUT2D eigenvalue weighted by atomic mass is 9.97. The van der Waals surface area contributed by atoms with Crippen molar-refractivity contribution in [1.29, 1.82) is 0 Å². The van der Waals surface area contributed by atoms with Crippen LogP contribution in [0, 0.1) is 0 Å². The Morgan fingerprint density at radius 3 is 2.06 bits per heavy atom. The fraction of sp³-hybridized carbons (Fsp3) is 1.00. The van der Waals surface area contributed by atoms with Gasteiger partial charge in [0.15, 0.2) is 0 Å². The Bertz CT molecular complexity index is 506. The van der Waals surface area contributed by atoms with E-state index in [1.54, 1.807) is 0 Å². The summed E-state index contributed by atoms with van der Waals surface area (Å²) in [7, 11) is -9.26. The van der Waals surface area contributed by atoms with Gasteiger partial charge in [0, 0.05) is 0 Å². The molecule has 0 amide bonds. The average Bonchev–Trinajstić information content (AvgIpc) is 1.95. The summed E-state index contributed by atoms with van der Waals surface area (Å²) in [6, 6.07) is 0. The fourth-order valence-electron chi connectivity index (χ4n) is 1.37. The molecule has 17 heavy (non-hydrogen) atoms. The van der Waals surface area contributed by atoms with Crippen LogP contribution in [0.15, 0.2) is 0 Å². The molecule has 1 heterocycles. The molecule has 0 aromatic heterocycles. The summed E-state index contributed by atoms with van der Waals surface area (Å²) >= 11 is 0. The van der Waals surface area contributed by atoms with Gasteiger partial charge < -0.3 is 0 Å². The number of alkyl halides is 2. The van der Waals surface area contributed by atoms with Crippen molar-refractivity contribution in [2.24, 2.45) is 0 Å².